The summed E-state index contributed by atoms with van der Waals surface area (Å²) >= 11 is 0. The molecule has 21 heavy (non-hydrogen) atoms. The molecule has 0 aliphatic rings. The number of amides is 1. The Labute approximate surface area is 123 Å². The molecule has 1 rings (SSSR count). The maximum atomic E-state index is 13.0. The van der Waals surface area contributed by atoms with E-state index in [1.807, 2.05) is 20.8 Å². The summed E-state index contributed by atoms with van der Waals surface area (Å²) in [6, 6.07) is 5.36. The summed E-state index contributed by atoms with van der Waals surface area (Å²) in [5.41, 5.74) is 0.191. The highest BCUT2D eigenvalue weighted by Crippen LogP contribution is 2.21. The first-order valence-corrected chi connectivity index (χ1v) is 6.64. The van der Waals surface area contributed by atoms with Crippen molar-refractivity contribution in [3.8, 4) is 0 Å². The van der Waals surface area contributed by atoms with Gasteiger partial charge in [-0.2, -0.15) is 0 Å². The van der Waals surface area contributed by atoms with Crippen LogP contribution in [0.3, 0.4) is 0 Å². The van der Waals surface area contributed by atoms with E-state index in [-0.39, 0.29) is 17.7 Å². The van der Waals surface area contributed by atoms with E-state index in [2.05, 4.69) is 5.32 Å². The molecule has 1 aromatic carbocycles. The van der Waals surface area contributed by atoms with Gasteiger partial charge in [0.15, 0.2) is 0 Å². The van der Waals surface area contributed by atoms with Gasteiger partial charge in [-0.05, 0) is 29.2 Å². The molecular formula is C16H20FNO3. The van der Waals surface area contributed by atoms with Gasteiger partial charge in [-0.3, -0.25) is 9.59 Å². The van der Waals surface area contributed by atoms with Gasteiger partial charge in [0.1, 0.15) is 5.82 Å². The molecule has 0 radical (unpaired) electrons. The fourth-order valence-corrected chi connectivity index (χ4v) is 1.75. The second-order valence-corrected chi connectivity index (χ2v) is 5.91. The van der Waals surface area contributed by atoms with E-state index in [0.717, 1.165) is 0 Å². The highest BCUT2D eigenvalue weighted by atomic mass is 19.1. The Morgan fingerprint density at radius 2 is 2.05 bits per heavy atom. The van der Waals surface area contributed by atoms with E-state index in [9.17, 15) is 14.0 Å². The molecule has 0 spiro atoms. The number of aliphatic carboxylic acids is 1. The maximum Gasteiger partial charge on any atom is 0.305 e. The largest absolute Gasteiger partial charge is 0.481 e. The molecule has 0 aromatic heterocycles. The number of hydrogen-bond donors (Lipinski definition) is 2. The average molecular weight is 293 g/mol. The van der Waals surface area contributed by atoms with E-state index >= 15 is 0 Å². The first kappa shape index (κ1) is 16.9. The van der Waals surface area contributed by atoms with E-state index in [4.69, 9.17) is 5.11 Å². The molecule has 114 valence electrons. The minimum absolute atomic E-state index is 0.150. The van der Waals surface area contributed by atoms with Crippen molar-refractivity contribution in [1.82, 2.24) is 5.32 Å². The van der Waals surface area contributed by atoms with Crippen LogP contribution in [0.1, 0.15) is 32.8 Å². The minimum Gasteiger partial charge on any atom is -0.481 e. The summed E-state index contributed by atoms with van der Waals surface area (Å²) in [5.74, 6) is -1.75. The van der Waals surface area contributed by atoms with Crippen LogP contribution in [0.5, 0.6) is 0 Å². The zero-order valence-corrected chi connectivity index (χ0v) is 12.4. The van der Waals surface area contributed by atoms with Gasteiger partial charge in [0.25, 0.3) is 0 Å². The van der Waals surface area contributed by atoms with Crippen molar-refractivity contribution < 1.29 is 19.1 Å². The fraction of sp³-hybridized carbons (Fsp3) is 0.375. The van der Waals surface area contributed by atoms with Crippen LogP contribution in [0.4, 0.5) is 4.39 Å². The summed E-state index contributed by atoms with van der Waals surface area (Å²) in [6.45, 7) is 5.57. The number of nitrogens with one attached hydrogen (secondary N) is 1. The standard InChI is InChI=1S/C16H20FNO3/c1-16(2,3)13(10-15(20)21)18-14(19)8-7-11-5-4-6-12(17)9-11/h4-9,13H,10H2,1-3H3,(H,18,19)(H,20,21)/b8-7+. The number of carboxylic acids is 1. The van der Waals surface area contributed by atoms with Gasteiger partial charge < -0.3 is 10.4 Å². The minimum atomic E-state index is -0.968. The average Bonchev–Trinajstić information content (AvgIpc) is 2.34. The van der Waals surface area contributed by atoms with Crippen LogP contribution in [0.25, 0.3) is 6.08 Å². The summed E-state index contributed by atoms with van der Waals surface area (Å²) in [7, 11) is 0. The van der Waals surface area contributed by atoms with Gasteiger partial charge in [-0.1, -0.05) is 32.9 Å². The molecule has 0 heterocycles. The number of benzene rings is 1. The third kappa shape index (κ3) is 6.21. The number of halogens is 1. The van der Waals surface area contributed by atoms with E-state index in [1.54, 1.807) is 12.1 Å². The molecule has 5 heteroatoms. The second-order valence-electron chi connectivity index (χ2n) is 5.91. The second kappa shape index (κ2) is 7.02. The smallest absolute Gasteiger partial charge is 0.305 e. The van der Waals surface area contributed by atoms with Crippen molar-refractivity contribution in [3.05, 3.63) is 41.7 Å². The molecule has 0 aliphatic heterocycles. The van der Waals surface area contributed by atoms with Crippen molar-refractivity contribution in [2.45, 2.75) is 33.2 Å². The highest BCUT2D eigenvalue weighted by Gasteiger charge is 2.27. The highest BCUT2D eigenvalue weighted by molar-refractivity contribution is 5.92. The van der Waals surface area contributed by atoms with Crippen LogP contribution in [0.15, 0.2) is 30.3 Å². The Kier molecular flexibility index (Phi) is 5.64. The van der Waals surface area contributed by atoms with Crippen LogP contribution < -0.4 is 5.32 Å². The van der Waals surface area contributed by atoms with Crippen molar-refractivity contribution in [2.24, 2.45) is 5.41 Å². The summed E-state index contributed by atoms with van der Waals surface area (Å²) in [4.78, 5) is 22.7. The Morgan fingerprint density at radius 1 is 1.38 bits per heavy atom. The first-order chi connectivity index (χ1) is 9.68. The molecule has 0 fully saturated rings. The summed E-state index contributed by atoms with van der Waals surface area (Å²) in [6.07, 6.45) is 2.61. The summed E-state index contributed by atoms with van der Waals surface area (Å²) in [5, 5.41) is 11.6. The van der Waals surface area contributed by atoms with Crippen molar-refractivity contribution in [3.63, 3.8) is 0 Å². The van der Waals surface area contributed by atoms with E-state index in [0.29, 0.717) is 5.56 Å². The molecule has 1 atom stereocenters. The lowest BCUT2D eigenvalue weighted by Gasteiger charge is -2.29. The number of carboxylic acid groups (broad SMARTS) is 1. The zero-order chi connectivity index (χ0) is 16.0. The molecule has 1 aromatic rings. The molecule has 4 nitrogen and oxygen atoms in total. The predicted molar refractivity (Wildman–Crippen MR) is 79.1 cm³/mol. The number of hydrogen-bond acceptors (Lipinski definition) is 2. The Balaban J connectivity index is 2.72. The lowest BCUT2D eigenvalue weighted by molar-refractivity contribution is -0.138. The Bertz CT molecular complexity index is 547. The number of carbonyl (C=O) groups excluding carboxylic acids is 1. The monoisotopic (exact) mass is 293 g/mol. The number of rotatable bonds is 5. The van der Waals surface area contributed by atoms with Crippen LogP contribution in [0.2, 0.25) is 0 Å². The molecule has 0 bridgehead atoms. The molecule has 2 N–H and O–H groups in total. The fourth-order valence-electron chi connectivity index (χ4n) is 1.75. The van der Waals surface area contributed by atoms with Gasteiger partial charge in [0, 0.05) is 12.1 Å². The molecular weight excluding hydrogens is 273 g/mol. The van der Waals surface area contributed by atoms with Gasteiger partial charge >= 0.3 is 5.97 Å². The molecule has 1 amide bonds. The Hall–Kier alpha value is -2.17. The normalized spacial score (nSPS) is 13.1. The van der Waals surface area contributed by atoms with Crippen LogP contribution in [-0.4, -0.2) is 23.0 Å². The van der Waals surface area contributed by atoms with E-state index < -0.39 is 17.9 Å². The predicted octanol–water partition coefficient (Wildman–Crippen LogP) is 2.84. The van der Waals surface area contributed by atoms with E-state index in [1.165, 1.54) is 24.3 Å². The van der Waals surface area contributed by atoms with Crippen LogP contribution >= 0.6 is 0 Å². The molecule has 0 saturated carbocycles. The lowest BCUT2D eigenvalue weighted by Crippen LogP contribution is -2.44. The lowest BCUT2D eigenvalue weighted by atomic mass is 9.84. The van der Waals surface area contributed by atoms with Crippen molar-refractivity contribution in [1.29, 1.82) is 0 Å². The van der Waals surface area contributed by atoms with Crippen molar-refractivity contribution in [2.75, 3.05) is 0 Å². The third-order valence-corrected chi connectivity index (χ3v) is 3.02. The van der Waals surface area contributed by atoms with Crippen molar-refractivity contribution >= 4 is 18.0 Å². The van der Waals surface area contributed by atoms with Crippen LogP contribution in [-0.2, 0) is 9.59 Å². The third-order valence-electron chi connectivity index (χ3n) is 3.02. The molecule has 0 saturated heterocycles. The van der Waals surface area contributed by atoms with Gasteiger partial charge in [0.2, 0.25) is 5.91 Å². The molecule has 0 aliphatic carbocycles. The topological polar surface area (TPSA) is 66.4 Å². The van der Waals surface area contributed by atoms with Gasteiger partial charge in [-0.25, -0.2) is 4.39 Å². The SMILES string of the molecule is CC(C)(C)C(CC(=O)O)NC(=O)/C=C/c1cccc(F)c1. The summed E-state index contributed by atoms with van der Waals surface area (Å²) < 4.78 is 13.0. The van der Waals surface area contributed by atoms with Crippen LogP contribution in [0, 0.1) is 11.2 Å². The Morgan fingerprint density at radius 3 is 2.57 bits per heavy atom. The van der Waals surface area contributed by atoms with Gasteiger partial charge in [-0.15, -0.1) is 0 Å². The first-order valence-electron chi connectivity index (χ1n) is 6.64. The molecule has 1 unspecified atom stereocenters. The van der Waals surface area contributed by atoms with Gasteiger partial charge in [0.05, 0.1) is 6.42 Å². The zero-order valence-electron chi connectivity index (χ0n) is 12.4. The number of carbonyl (C=O) groups is 2. The quantitative estimate of drug-likeness (QED) is 0.820. The maximum absolute atomic E-state index is 13.0.